The Hall–Kier alpha value is -3.00. The van der Waals surface area contributed by atoms with E-state index in [0.29, 0.717) is 0 Å². The van der Waals surface area contributed by atoms with Crippen molar-refractivity contribution in [1.82, 2.24) is 5.32 Å². The molecule has 1 aliphatic rings. The van der Waals surface area contributed by atoms with Gasteiger partial charge in [0.25, 0.3) is 3.61 Å². The molecule has 206 valence electrons. The first-order chi connectivity index (χ1) is 17.1. The monoisotopic (exact) mass is 643 g/mol. The number of hydrogen-bond acceptors (Lipinski definition) is 11. The predicted octanol–water partition coefficient (Wildman–Crippen LogP) is 0.196. The summed E-state index contributed by atoms with van der Waals surface area (Å²) >= 11 is 1.14. The number of halogens is 2. The topological polar surface area (TPSA) is 181 Å². The lowest BCUT2D eigenvalue weighted by Gasteiger charge is -2.48. The molecular formula is C22H27FINO12. The van der Waals surface area contributed by atoms with Crippen LogP contribution in [-0.2, 0) is 52.5 Å². The summed E-state index contributed by atoms with van der Waals surface area (Å²) in [7, 11) is 0. The first-order valence-corrected chi connectivity index (χ1v) is 11.8. The molecule has 15 heteroatoms. The molecule has 0 aromatic carbocycles. The summed E-state index contributed by atoms with van der Waals surface area (Å²) in [6.07, 6.45) is -4.81. The number of carboxylic acid groups (broad SMARTS) is 1. The zero-order valence-corrected chi connectivity index (χ0v) is 22.5. The van der Waals surface area contributed by atoms with Crippen molar-refractivity contribution in [3.8, 4) is 12.3 Å². The molecule has 0 aliphatic carbocycles. The van der Waals surface area contributed by atoms with Crippen molar-refractivity contribution in [2.24, 2.45) is 0 Å². The Kier molecular flexibility index (Phi) is 12.2. The zero-order valence-electron chi connectivity index (χ0n) is 20.4. The van der Waals surface area contributed by atoms with Gasteiger partial charge in [0.15, 0.2) is 24.5 Å². The Morgan fingerprint density at radius 1 is 1.08 bits per heavy atom. The maximum atomic E-state index is 15.6. The summed E-state index contributed by atoms with van der Waals surface area (Å²) in [4.78, 5) is 71.6. The average molecular weight is 643 g/mol. The molecule has 13 nitrogen and oxygen atoms in total. The van der Waals surface area contributed by atoms with Crippen LogP contribution in [0.3, 0.4) is 0 Å². The minimum atomic E-state index is -2.72. The fraction of sp³-hybridized carbons (Fsp3) is 0.636. The standard InChI is InChI=1S/C22H27FINO12/c1-6-7-8-15(30)25-16-18(37-22(24,21(31)32)20(23)19(16)36-13(5)29)17(35-12(4)28)14(34-11(3)27)9-33-10(2)26/h1,14,16-20H,7-9H2,2-5H3,(H,25,30)(H,31,32)/t14-,16+,17-,18?,19?,20?,22-/m1/s1. The molecular weight excluding hydrogens is 616 g/mol. The number of carbonyl (C=O) groups is 6. The Morgan fingerprint density at radius 2 is 1.68 bits per heavy atom. The summed E-state index contributed by atoms with van der Waals surface area (Å²) in [5.41, 5.74) is 0. The van der Waals surface area contributed by atoms with Crippen LogP contribution in [0.2, 0.25) is 0 Å². The number of carbonyl (C=O) groups excluding carboxylic acids is 5. The van der Waals surface area contributed by atoms with Gasteiger partial charge in [-0.1, -0.05) is 0 Å². The third-order valence-corrected chi connectivity index (χ3v) is 6.15. The quantitative estimate of drug-likeness (QED) is 0.103. The van der Waals surface area contributed by atoms with E-state index < -0.39 is 82.6 Å². The van der Waals surface area contributed by atoms with Gasteiger partial charge in [0.05, 0.1) is 6.04 Å². The lowest BCUT2D eigenvalue weighted by atomic mass is 9.88. The lowest BCUT2D eigenvalue weighted by molar-refractivity contribution is -0.235. The third kappa shape index (κ3) is 9.11. The van der Waals surface area contributed by atoms with Gasteiger partial charge in [0.1, 0.15) is 12.7 Å². The molecule has 1 aliphatic heterocycles. The number of rotatable bonds is 11. The Bertz CT molecular complexity index is 952. The molecule has 1 amide bonds. The second kappa shape index (κ2) is 14.1. The second-order valence-corrected chi connectivity index (χ2v) is 9.43. The highest BCUT2D eigenvalue weighted by atomic mass is 127. The van der Waals surface area contributed by atoms with Crippen LogP contribution in [0.4, 0.5) is 4.39 Å². The van der Waals surface area contributed by atoms with Crippen molar-refractivity contribution in [2.45, 2.75) is 80.8 Å². The molecule has 7 atom stereocenters. The Labute approximate surface area is 225 Å². The van der Waals surface area contributed by atoms with Crippen molar-refractivity contribution in [3.05, 3.63) is 0 Å². The molecule has 0 aromatic rings. The van der Waals surface area contributed by atoms with Crippen LogP contribution >= 0.6 is 22.6 Å². The molecule has 0 spiro atoms. The number of alkyl halides is 2. The van der Waals surface area contributed by atoms with E-state index >= 15 is 4.39 Å². The van der Waals surface area contributed by atoms with Crippen LogP contribution in [0, 0.1) is 12.3 Å². The number of esters is 4. The van der Waals surface area contributed by atoms with Crippen molar-refractivity contribution in [1.29, 1.82) is 0 Å². The number of carboxylic acids is 1. The van der Waals surface area contributed by atoms with Gasteiger partial charge in [0, 0.05) is 40.5 Å². The molecule has 3 unspecified atom stereocenters. The van der Waals surface area contributed by atoms with Gasteiger partial charge in [-0.05, 0) is 22.6 Å². The number of aliphatic carboxylic acids is 1. The number of terminal acetylenes is 1. The Balaban J connectivity index is 3.74. The van der Waals surface area contributed by atoms with Crippen LogP contribution in [0.15, 0.2) is 0 Å². The maximum absolute atomic E-state index is 15.6. The Morgan fingerprint density at radius 3 is 2.14 bits per heavy atom. The molecule has 0 bridgehead atoms. The van der Waals surface area contributed by atoms with Gasteiger partial charge < -0.3 is 34.1 Å². The first kappa shape index (κ1) is 32.0. The molecule has 0 radical (unpaired) electrons. The number of amides is 1. The minimum Gasteiger partial charge on any atom is -0.478 e. The summed E-state index contributed by atoms with van der Waals surface area (Å²) in [5, 5.41) is 12.1. The lowest BCUT2D eigenvalue weighted by Crippen LogP contribution is -2.72. The summed E-state index contributed by atoms with van der Waals surface area (Å²) in [5.74, 6) is -4.08. The number of nitrogens with one attached hydrogen (secondary N) is 1. The summed E-state index contributed by atoms with van der Waals surface area (Å²) in [6.45, 7) is 3.23. The van der Waals surface area contributed by atoms with Gasteiger partial charge >= 0.3 is 29.8 Å². The SMILES string of the molecule is C#CCCC(=O)N[C@@H]1C(OC(C)=O)C(F)[C@](I)(C(=O)O)OC1[C@H](OC(C)=O)[C@@H](COC(C)=O)OC(C)=O. The zero-order chi connectivity index (χ0) is 28.5. The van der Waals surface area contributed by atoms with E-state index in [1.54, 1.807) is 0 Å². The largest absolute Gasteiger partial charge is 0.478 e. The number of ether oxygens (including phenoxy) is 5. The van der Waals surface area contributed by atoms with Crippen molar-refractivity contribution in [2.75, 3.05) is 6.61 Å². The average Bonchev–Trinajstić information content (AvgIpc) is 2.77. The highest BCUT2D eigenvalue weighted by Gasteiger charge is 2.63. The van der Waals surface area contributed by atoms with Gasteiger partial charge in [-0.15, -0.1) is 12.3 Å². The summed E-state index contributed by atoms with van der Waals surface area (Å²) < 4.78 is 38.8. The fourth-order valence-electron chi connectivity index (χ4n) is 3.44. The molecule has 1 fully saturated rings. The van der Waals surface area contributed by atoms with Crippen LogP contribution in [-0.4, -0.2) is 87.7 Å². The van der Waals surface area contributed by atoms with E-state index in [1.807, 2.05) is 0 Å². The van der Waals surface area contributed by atoms with Crippen LogP contribution in [0.5, 0.6) is 0 Å². The van der Waals surface area contributed by atoms with E-state index in [1.165, 1.54) is 0 Å². The molecule has 0 aromatic heterocycles. The van der Waals surface area contributed by atoms with E-state index in [9.17, 15) is 33.9 Å². The van der Waals surface area contributed by atoms with Gasteiger partial charge in [-0.2, -0.15) is 0 Å². The van der Waals surface area contributed by atoms with E-state index in [-0.39, 0.29) is 12.8 Å². The molecule has 2 N–H and O–H groups in total. The molecule has 1 rings (SSSR count). The van der Waals surface area contributed by atoms with Crippen LogP contribution in [0.25, 0.3) is 0 Å². The van der Waals surface area contributed by atoms with Gasteiger partial charge in [-0.3, -0.25) is 24.0 Å². The van der Waals surface area contributed by atoms with Gasteiger partial charge in [-0.25, -0.2) is 9.18 Å². The molecule has 37 heavy (non-hydrogen) atoms. The van der Waals surface area contributed by atoms with E-state index in [0.717, 1.165) is 50.3 Å². The number of hydrogen-bond donors (Lipinski definition) is 2. The third-order valence-electron chi connectivity index (χ3n) is 4.84. The van der Waals surface area contributed by atoms with Crippen molar-refractivity contribution < 1.29 is 61.9 Å². The molecule has 0 saturated carbocycles. The minimum absolute atomic E-state index is 0.0252. The van der Waals surface area contributed by atoms with Crippen molar-refractivity contribution >= 4 is 58.3 Å². The van der Waals surface area contributed by atoms with Gasteiger partial charge in [0.2, 0.25) is 5.91 Å². The van der Waals surface area contributed by atoms with E-state index in [4.69, 9.17) is 30.1 Å². The second-order valence-electron chi connectivity index (χ2n) is 7.83. The first-order valence-electron chi connectivity index (χ1n) is 10.8. The molecule has 1 heterocycles. The predicted molar refractivity (Wildman–Crippen MR) is 127 cm³/mol. The van der Waals surface area contributed by atoms with Crippen LogP contribution < -0.4 is 5.32 Å². The normalized spacial score (nSPS) is 26.4. The van der Waals surface area contributed by atoms with E-state index in [2.05, 4.69) is 11.2 Å². The highest BCUT2D eigenvalue weighted by Crippen LogP contribution is 2.41. The smallest absolute Gasteiger partial charge is 0.349 e. The highest BCUT2D eigenvalue weighted by molar-refractivity contribution is 14.1. The summed E-state index contributed by atoms with van der Waals surface area (Å²) in [6, 6.07) is -1.67. The van der Waals surface area contributed by atoms with Crippen molar-refractivity contribution in [3.63, 3.8) is 0 Å². The fourth-order valence-corrected chi connectivity index (χ4v) is 4.09. The molecule has 1 saturated heterocycles. The van der Waals surface area contributed by atoms with Crippen LogP contribution in [0.1, 0.15) is 40.5 Å². The maximum Gasteiger partial charge on any atom is 0.349 e.